The van der Waals surface area contributed by atoms with Gasteiger partial charge in [-0.1, -0.05) is 54.1 Å². The fraction of sp³-hybridized carbons (Fsp3) is 0.304. The Labute approximate surface area is 176 Å². The Morgan fingerprint density at radius 2 is 1.72 bits per heavy atom. The lowest BCUT2D eigenvalue weighted by Gasteiger charge is -2.35. The van der Waals surface area contributed by atoms with E-state index in [2.05, 4.69) is 39.0 Å². The smallest absolute Gasteiger partial charge is 0.256 e. The molecule has 4 rings (SSSR count). The number of hydrogen-bond acceptors (Lipinski definition) is 4. The van der Waals surface area contributed by atoms with E-state index >= 15 is 0 Å². The Hall–Kier alpha value is -2.63. The van der Waals surface area contributed by atoms with Crippen molar-refractivity contribution in [3.63, 3.8) is 0 Å². The van der Waals surface area contributed by atoms with Gasteiger partial charge in [-0.25, -0.2) is 4.98 Å². The summed E-state index contributed by atoms with van der Waals surface area (Å²) in [6.07, 6.45) is 0.528. The fourth-order valence-corrected chi connectivity index (χ4v) is 3.98. The molecule has 3 aromatic rings. The maximum atomic E-state index is 12.7. The number of rotatable bonds is 5. The predicted octanol–water partition coefficient (Wildman–Crippen LogP) is 3.64. The van der Waals surface area contributed by atoms with Gasteiger partial charge >= 0.3 is 0 Å². The average molecular weight is 409 g/mol. The van der Waals surface area contributed by atoms with Crippen LogP contribution >= 0.6 is 11.6 Å². The number of benzene rings is 2. The van der Waals surface area contributed by atoms with Gasteiger partial charge in [-0.15, -0.1) is 0 Å². The van der Waals surface area contributed by atoms with Gasteiger partial charge in [0.05, 0.1) is 5.69 Å². The number of H-pyrrole nitrogens is 1. The molecule has 1 aromatic heterocycles. The molecule has 150 valence electrons. The monoisotopic (exact) mass is 408 g/mol. The normalized spacial score (nSPS) is 14.9. The van der Waals surface area contributed by atoms with Crippen LogP contribution in [0.3, 0.4) is 0 Å². The van der Waals surface area contributed by atoms with E-state index < -0.39 is 0 Å². The fourth-order valence-electron chi connectivity index (χ4n) is 3.76. The molecule has 1 saturated heterocycles. The van der Waals surface area contributed by atoms with Gasteiger partial charge < -0.3 is 4.90 Å². The summed E-state index contributed by atoms with van der Waals surface area (Å²) in [5, 5.41) is 0.675. The summed E-state index contributed by atoms with van der Waals surface area (Å²) in [4.78, 5) is 25.0. The first-order chi connectivity index (χ1) is 14.1. The van der Waals surface area contributed by atoms with Gasteiger partial charge in [0.15, 0.2) is 0 Å². The molecule has 1 N–H and O–H groups in total. The Morgan fingerprint density at radius 3 is 2.41 bits per heavy atom. The van der Waals surface area contributed by atoms with Gasteiger partial charge in [0.2, 0.25) is 5.95 Å². The molecule has 0 radical (unpaired) electrons. The largest absolute Gasteiger partial charge is 0.340 e. The van der Waals surface area contributed by atoms with Crippen LogP contribution in [0.25, 0.3) is 0 Å². The van der Waals surface area contributed by atoms with Crippen molar-refractivity contribution in [2.45, 2.75) is 19.9 Å². The van der Waals surface area contributed by atoms with Crippen molar-refractivity contribution in [2.24, 2.45) is 0 Å². The summed E-state index contributed by atoms with van der Waals surface area (Å²) < 4.78 is 0. The van der Waals surface area contributed by atoms with E-state index in [4.69, 9.17) is 16.6 Å². The minimum Gasteiger partial charge on any atom is -0.340 e. The van der Waals surface area contributed by atoms with E-state index in [9.17, 15) is 4.79 Å². The third kappa shape index (κ3) is 4.86. The maximum absolute atomic E-state index is 12.7. The van der Waals surface area contributed by atoms with Crippen LogP contribution in [-0.2, 0) is 13.0 Å². The zero-order chi connectivity index (χ0) is 20.2. The first kappa shape index (κ1) is 19.7. The Kier molecular flexibility index (Phi) is 5.97. The molecule has 0 atom stereocenters. The average Bonchev–Trinajstić information content (AvgIpc) is 2.72. The maximum Gasteiger partial charge on any atom is 0.256 e. The summed E-state index contributed by atoms with van der Waals surface area (Å²) in [7, 11) is 0. The number of aromatic amines is 1. The lowest BCUT2D eigenvalue weighted by Crippen LogP contribution is -2.47. The van der Waals surface area contributed by atoms with Gasteiger partial charge in [-0.05, 0) is 30.2 Å². The number of aryl methyl sites for hydroxylation is 1. The molecule has 2 aromatic carbocycles. The molecule has 5 nitrogen and oxygen atoms in total. The van der Waals surface area contributed by atoms with E-state index in [1.165, 1.54) is 5.56 Å². The Bertz CT molecular complexity index is 1030. The summed E-state index contributed by atoms with van der Waals surface area (Å²) in [6, 6.07) is 18.1. The van der Waals surface area contributed by atoms with Crippen LogP contribution < -0.4 is 10.5 Å². The van der Waals surface area contributed by atoms with E-state index in [-0.39, 0.29) is 5.56 Å². The highest BCUT2D eigenvalue weighted by molar-refractivity contribution is 6.30. The predicted molar refractivity (Wildman–Crippen MR) is 118 cm³/mol. The second-order valence-corrected chi connectivity index (χ2v) is 7.95. The Morgan fingerprint density at radius 1 is 1.00 bits per heavy atom. The van der Waals surface area contributed by atoms with Crippen molar-refractivity contribution in [2.75, 3.05) is 31.1 Å². The lowest BCUT2D eigenvalue weighted by atomic mass is 10.1. The summed E-state index contributed by atoms with van der Waals surface area (Å²) in [6.45, 7) is 6.45. The number of anilines is 1. The highest BCUT2D eigenvalue weighted by atomic mass is 35.5. The number of hydrogen-bond donors (Lipinski definition) is 1. The first-order valence-electron chi connectivity index (χ1n) is 9.94. The van der Waals surface area contributed by atoms with E-state index in [1.807, 2.05) is 37.3 Å². The highest BCUT2D eigenvalue weighted by Crippen LogP contribution is 2.17. The second kappa shape index (κ2) is 8.80. The minimum atomic E-state index is -0.0702. The van der Waals surface area contributed by atoms with Gasteiger partial charge in [0, 0.05) is 49.7 Å². The van der Waals surface area contributed by atoms with Crippen LogP contribution in [0.15, 0.2) is 59.4 Å². The van der Waals surface area contributed by atoms with Crippen LogP contribution in [0.4, 0.5) is 5.95 Å². The second-order valence-electron chi connectivity index (χ2n) is 7.51. The number of aromatic nitrogens is 2. The number of nitrogens with zero attached hydrogens (tertiary/aromatic N) is 3. The molecule has 0 saturated carbocycles. The molecule has 1 aliphatic rings. The van der Waals surface area contributed by atoms with Crippen molar-refractivity contribution in [3.8, 4) is 0 Å². The molecule has 2 heterocycles. The number of halogens is 1. The molecule has 0 bridgehead atoms. The molecule has 1 fully saturated rings. The zero-order valence-electron chi connectivity index (χ0n) is 16.6. The Balaban J connectivity index is 1.43. The van der Waals surface area contributed by atoms with Crippen molar-refractivity contribution in [1.82, 2.24) is 14.9 Å². The summed E-state index contributed by atoms with van der Waals surface area (Å²) in [5.41, 5.74) is 3.73. The third-order valence-electron chi connectivity index (χ3n) is 5.40. The van der Waals surface area contributed by atoms with Crippen molar-refractivity contribution in [3.05, 3.63) is 92.4 Å². The molecule has 29 heavy (non-hydrogen) atoms. The molecule has 6 heteroatoms. The first-order valence-corrected chi connectivity index (χ1v) is 10.3. The molecule has 0 spiro atoms. The molecule has 0 amide bonds. The van der Waals surface area contributed by atoms with E-state index in [0.29, 0.717) is 23.0 Å². The highest BCUT2D eigenvalue weighted by Gasteiger charge is 2.20. The molecular formula is C23H25ClN4O. The summed E-state index contributed by atoms with van der Waals surface area (Å²) in [5.74, 6) is 0.668. The van der Waals surface area contributed by atoms with E-state index in [0.717, 1.165) is 44.0 Å². The SMILES string of the molecule is Cc1nc(N2CCN(Cc3ccccc3)CC2)[nH]c(=O)c1Cc1cccc(Cl)c1. The minimum absolute atomic E-state index is 0.0702. The van der Waals surface area contributed by atoms with Crippen LogP contribution in [0, 0.1) is 6.92 Å². The van der Waals surface area contributed by atoms with Crippen LogP contribution in [0.5, 0.6) is 0 Å². The number of piperazine rings is 1. The zero-order valence-corrected chi connectivity index (χ0v) is 17.3. The molecular weight excluding hydrogens is 384 g/mol. The molecule has 1 aliphatic heterocycles. The van der Waals surface area contributed by atoms with Gasteiger partial charge in [0.25, 0.3) is 5.56 Å². The quantitative estimate of drug-likeness (QED) is 0.700. The van der Waals surface area contributed by atoms with Gasteiger partial charge in [-0.2, -0.15) is 0 Å². The van der Waals surface area contributed by atoms with Crippen molar-refractivity contribution in [1.29, 1.82) is 0 Å². The van der Waals surface area contributed by atoms with Crippen molar-refractivity contribution >= 4 is 17.5 Å². The lowest BCUT2D eigenvalue weighted by molar-refractivity contribution is 0.248. The topological polar surface area (TPSA) is 52.2 Å². The number of nitrogens with one attached hydrogen (secondary N) is 1. The molecule has 0 unspecified atom stereocenters. The van der Waals surface area contributed by atoms with Gasteiger partial charge in [-0.3, -0.25) is 14.7 Å². The van der Waals surface area contributed by atoms with Crippen LogP contribution in [0.1, 0.15) is 22.4 Å². The van der Waals surface area contributed by atoms with Crippen LogP contribution in [-0.4, -0.2) is 41.0 Å². The molecule has 0 aliphatic carbocycles. The van der Waals surface area contributed by atoms with Crippen molar-refractivity contribution < 1.29 is 0 Å². The summed E-state index contributed by atoms with van der Waals surface area (Å²) >= 11 is 6.07. The third-order valence-corrected chi connectivity index (χ3v) is 5.64. The van der Waals surface area contributed by atoms with Gasteiger partial charge in [0.1, 0.15) is 0 Å². The van der Waals surface area contributed by atoms with Crippen LogP contribution in [0.2, 0.25) is 5.02 Å². The van der Waals surface area contributed by atoms with E-state index in [1.54, 1.807) is 0 Å². The standard InChI is InChI=1S/C23H25ClN4O/c1-17-21(15-19-8-5-9-20(24)14-19)22(29)26-23(25-17)28-12-10-27(11-13-28)16-18-6-3-2-4-7-18/h2-9,14H,10-13,15-16H2,1H3,(H,25,26,29).